The number of thiophene rings is 2. The van der Waals surface area contributed by atoms with Gasteiger partial charge in [0.25, 0.3) is 0 Å². The number of aliphatic carboxylic acids is 1. The number of Topliss-reactive ketones (excluding diaryl/α,β-unsaturated/α-hetero) is 1. The van der Waals surface area contributed by atoms with Gasteiger partial charge < -0.3 is 14.8 Å². The van der Waals surface area contributed by atoms with Crippen molar-refractivity contribution in [2.24, 2.45) is 11.8 Å². The molecule has 1 saturated heterocycles. The number of ketones is 1. The van der Waals surface area contributed by atoms with Gasteiger partial charge in [-0.1, -0.05) is 6.07 Å². The van der Waals surface area contributed by atoms with Crippen LogP contribution in [0.5, 0.6) is 0 Å². The Morgan fingerprint density at radius 3 is 2.77 bits per heavy atom. The molecule has 2 fully saturated rings. The monoisotopic (exact) mass is 455 g/mol. The third-order valence-electron chi connectivity index (χ3n) is 7.00. The molecule has 0 aromatic carbocycles. The van der Waals surface area contributed by atoms with Crippen LogP contribution in [-0.2, 0) is 16.0 Å². The van der Waals surface area contributed by atoms with Crippen molar-refractivity contribution in [1.82, 2.24) is 5.32 Å². The Morgan fingerprint density at radius 2 is 2.13 bits per heavy atom. The molecule has 0 amide bonds. The molecule has 3 aromatic heterocycles. The Morgan fingerprint density at radius 1 is 1.26 bits per heavy atom. The molecule has 162 valence electrons. The zero-order valence-corrected chi connectivity index (χ0v) is 18.8. The summed E-state index contributed by atoms with van der Waals surface area (Å²) in [7, 11) is 0. The molecule has 1 saturated carbocycles. The predicted octanol–water partition coefficient (Wildman–Crippen LogP) is 4.92. The van der Waals surface area contributed by atoms with Crippen LogP contribution in [-0.4, -0.2) is 28.4 Å². The van der Waals surface area contributed by atoms with Crippen LogP contribution in [0, 0.1) is 11.8 Å². The molecule has 0 spiro atoms. The number of hydrogen-bond donors (Lipinski definition) is 2. The van der Waals surface area contributed by atoms with Crippen LogP contribution in [0.2, 0.25) is 0 Å². The number of carboxylic acids is 1. The van der Waals surface area contributed by atoms with Crippen LogP contribution in [0.25, 0.3) is 0 Å². The number of hydrogen-bond acceptors (Lipinski definition) is 6. The molecule has 31 heavy (non-hydrogen) atoms. The first-order chi connectivity index (χ1) is 15.0. The average Bonchev–Trinajstić information content (AvgIpc) is 3.48. The Hall–Kier alpha value is -2.22. The lowest BCUT2D eigenvalue weighted by Crippen LogP contribution is -2.68. The Labute approximate surface area is 189 Å². The van der Waals surface area contributed by atoms with E-state index in [1.807, 2.05) is 41.9 Å². The molecule has 2 N–H and O–H groups in total. The summed E-state index contributed by atoms with van der Waals surface area (Å²) in [5.74, 6) is -1.20. The van der Waals surface area contributed by atoms with Crippen molar-refractivity contribution in [3.8, 4) is 0 Å². The third-order valence-corrected chi connectivity index (χ3v) is 8.74. The van der Waals surface area contributed by atoms with Gasteiger partial charge in [-0.2, -0.15) is 11.3 Å². The number of nitrogens with one attached hydrogen (secondary N) is 1. The standard InChI is InChI=1S/C24H25NO4S2/c1-24(12-16-4-2-7-29-16)22(23(27)28)20(14-6-9-30-13-14)21-17(25-24)10-15(11-18(21)26)19-5-3-8-31-19/h2-9,13,15,17,20-22,25H,10-12H2,1H3,(H,27,28). The van der Waals surface area contributed by atoms with Gasteiger partial charge in [0.2, 0.25) is 0 Å². The minimum absolute atomic E-state index is 0.0752. The molecule has 7 heteroatoms. The molecular weight excluding hydrogens is 430 g/mol. The number of fused-ring (bicyclic) bond motifs is 1. The maximum atomic E-state index is 13.5. The van der Waals surface area contributed by atoms with E-state index in [9.17, 15) is 14.7 Å². The SMILES string of the molecule is CC1(Cc2ccco2)NC2CC(c3cccs3)CC(=O)C2C(c2ccsc2)C1C(=O)O. The van der Waals surface area contributed by atoms with E-state index in [2.05, 4.69) is 16.8 Å². The Bertz CT molecular complexity index is 1040. The van der Waals surface area contributed by atoms with Crippen molar-refractivity contribution in [2.75, 3.05) is 0 Å². The second-order valence-corrected chi connectivity index (χ2v) is 10.7. The van der Waals surface area contributed by atoms with Gasteiger partial charge in [0.1, 0.15) is 11.5 Å². The van der Waals surface area contributed by atoms with Gasteiger partial charge in [0, 0.05) is 47.1 Å². The second kappa shape index (κ2) is 8.04. The molecule has 0 radical (unpaired) electrons. The minimum Gasteiger partial charge on any atom is -0.481 e. The molecular formula is C24H25NO4S2. The summed E-state index contributed by atoms with van der Waals surface area (Å²) in [5.41, 5.74) is 0.220. The molecule has 6 atom stereocenters. The van der Waals surface area contributed by atoms with Crippen LogP contribution in [0.15, 0.2) is 57.2 Å². The fraction of sp³-hybridized carbons (Fsp3) is 0.417. The van der Waals surface area contributed by atoms with Gasteiger partial charge in [-0.15, -0.1) is 11.3 Å². The summed E-state index contributed by atoms with van der Waals surface area (Å²) in [6, 6.07) is 9.75. The lowest BCUT2D eigenvalue weighted by atomic mass is 9.57. The fourth-order valence-electron chi connectivity index (χ4n) is 5.82. The highest BCUT2D eigenvalue weighted by Gasteiger charge is 2.58. The summed E-state index contributed by atoms with van der Waals surface area (Å²) in [6.45, 7) is 1.98. The normalized spacial score (nSPS) is 33.2. The first-order valence-electron chi connectivity index (χ1n) is 10.6. The van der Waals surface area contributed by atoms with Crippen LogP contribution >= 0.6 is 22.7 Å². The van der Waals surface area contributed by atoms with E-state index in [1.165, 1.54) is 4.88 Å². The lowest BCUT2D eigenvalue weighted by Gasteiger charge is -2.54. The number of rotatable bonds is 5. The molecule has 5 rings (SSSR count). The van der Waals surface area contributed by atoms with E-state index < -0.39 is 17.4 Å². The van der Waals surface area contributed by atoms with Crippen molar-refractivity contribution in [1.29, 1.82) is 0 Å². The van der Waals surface area contributed by atoms with Gasteiger partial charge >= 0.3 is 5.97 Å². The highest BCUT2D eigenvalue weighted by Crippen LogP contribution is 2.51. The molecule has 1 aliphatic carbocycles. The van der Waals surface area contributed by atoms with Crippen LogP contribution in [0.1, 0.15) is 47.8 Å². The van der Waals surface area contributed by atoms with Gasteiger partial charge in [-0.3, -0.25) is 9.59 Å². The highest BCUT2D eigenvalue weighted by molar-refractivity contribution is 7.10. The highest BCUT2D eigenvalue weighted by atomic mass is 32.1. The maximum absolute atomic E-state index is 13.5. The second-order valence-electron chi connectivity index (χ2n) is 8.97. The van der Waals surface area contributed by atoms with Gasteiger partial charge in [-0.25, -0.2) is 0 Å². The van der Waals surface area contributed by atoms with Crippen LogP contribution < -0.4 is 5.32 Å². The first kappa shape index (κ1) is 20.7. The van der Waals surface area contributed by atoms with E-state index in [4.69, 9.17) is 4.42 Å². The number of carbonyl (C=O) groups is 2. The smallest absolute Gasteiger partial charge is 0.309 e. The molecule has 1 aliphatic heterocycles. The van der Waals surface area contributed by atoms with E-state index >= 15 is 0 Å². The fourth-order valence-corrected chi connectivity index (χ4v) is 7.37. The number of piperidine rings is 1. The van der Waals surface area contributed by atoms with Crippen molar-refractivity contribution >= 4 is 34.4 Å². The van der Waals surface area contributed by atoms with Crippen LogP contribution in [0.4, 0.5) is 0 Å². The summed E-state index contributed by atoms with van der Waals surface area (Å²) in [4.78, 5) is 27.4. The number of carboxylic acid groups (broad SMARTS) is 1. The quantitative estimate of drug-likeness (QED) is 0.571. The first-order valence-corrected chi connectivity index (χ1v) is 12.4. The summed E-state index contributed by atoms with van der Waals surface area (Å²) in [6.07, 6.45) is 3.38. The van der Waals surface area contributed by atoms with E-state index in [0.717, 1.165) is 17.7 Å². The van der Waals surface area contributed by atoms with Crippen LogP contribution in [0.3, 0.4) is 0 Å². The summed E-state index contributed by atoms with van der Waals surface area (Å²) in [5, 5.41) is 20.1. The van der Waals surface area contributed by atoms with Crippen molar-refractivity contribution < 1.29 is 19.1 Å². The molecule has 5 nitrogen and oxygen atoms in total. The van der Waals surface area contributed by atoms with Crippen molar-refractivity contribution in [3.05, 3.63) is 68.9 Å². The molecule has 2 aliphatic rings. The molecule has 0 bridgehead atoms. The predicted molar refractivity (Wildman–Crippen MR) is 121 cm³/mol. The largest absolute Gasteiger partial charge is 0.481 e. The van der Waals surface area contributed by atoms with E-state index in [1.54, 1.807) is 28.9 Å². The number of furan rings is 1. The van der Waals surface area contributed by atoms with Crippen molar-refractivity contribution in [3.63, 3.8) is 0 Å². The topological polar surface area (TPSA) is 79.5 Å². The molecule has 3 aromatic rings. The molecule has 4 heterocycles. The zero-order chi connectivity index (χ0) is 21.6. The van der Waals surface area contributed by atoms with E-state index in [-0.39, 0.29) is 29.6 Å². The zero-order valence-electron chi connectivity index (χ0n) is 17.2. The number of carbonyl (C=O) groups excluding carboxylic acids is 1. The molecule has 6 unspecified atom stereocenters. The van der Waals surface area contributed by atoms with Gasteiger partial charge in [0.15, 0.2) is 0 Å². The Kier molecular flexibility index (Phi) is 5.36. The van der Waals surface area contributed by atoms with Gasteiger partial charge in [0.05, 0.1) is 12.2 Å². The third kappa shape index (κ3) is 3.69. The van der Waals surface area contributed by atoms with Gasteiger partial charge in [-0.05, 0) is 59.3 Å². The van der Waals surface area contributed by atoms with E-state index in [0.29, 0.717) is 12.8 Å². The Balaban J connectivity index is 1.57. The summed E-state index contributed by atoms with van der Waals surface area (Å²) < 4.78 is 5.60. The lowest BCUT2D eigenvalue weighted by molar-refractivity contribution is -0.151. The summed E-state index contributed by atoms with van der Waals surface area (Å²) >= 11 is 3.24. The average molecular weight is 456 g/mol. The maximum Gasteiger partial charge on any atom is 0.309 e. The van der Waals surface area contributed by atoms with Crippen molar-refractivity contribution in [2.45, 2.75) is 49.6 Å². The minimum atomic E-state index is -0.871.